The number of nitrogens with zero attached hydrogens (tertiary/aromatic N) is 1. The van der Waals surface area contributed by atoms with Crippen LogP contribution in [0.15, 0.2) is 67.0 Å². The van der Waals surface area contributed by atoms with Crippen LogP contribution in [0.5, 0.6) is 0 Å². The Labute approximate surface area is 160 Å². The predicted octanol–water partition coefficient (Wildman–Crippen LogP) is 4.06. The predicted molar refractivity (Wildman–Crippen MR) is 101 cm³/mol. The highest BCUT2D eigenvalue weighted by Gasteiger charge is 2.12. The Bertz CT molecular complexity index is 977. The Balaban J connectivity index is 1.66. The van der Waals surface area contributed by atoms with Crippen LogP contribution >= 0.6 is 11.6 Å². The fraction of sp³-hybridized carbons (Fsp3) is 0.0500. The van der Waals surface area contributed by atoms with Crippen molar-refractivity contribution in [3.63, 3.8) is 0 Å². The van der Waals surface area contributed by atoms with E-state index >= 15 is 0 Å². The van der Waals surface area contributed by atoms with Gasteiger partial charge in [-0.3, -0.25) is 14.6 Å². The number of benzene rings is 2. The first-order chi connectivity index (χ1) is 13.0. The maximum Gasteiger partial charge on any atom is 0.257 e. The number of nitrogens with one attached hydrogen (secondary N) is 2. The molecule has 2 aromatic carbocycles. The van der Waals surface area contributed by atoms with E-state index in [1.54, 1.807) is 36.4 Å². The lowest BCUT2D eigenvalue weighted by Crippen LogP contribution is -2.23. The molecule has 0 radical (unpaired) electrons. The van der Waals surface area contributed by atoms with Crippen LogP contribution < -0.4 is 10.6 Å². The molecular weight excluding hydrogens is 369 g/mol. The minimum atomic E-state index is -0.405. The number of carbonyl (C=O) groups is 2. The third-order valence-corrected chi connectivity index (χ3v) is 3.95. The number of halogens is 2. The fourth-order valence-electron chi connectivity index (χ4n) is 2.34. The molecule has 0 atom stereocenters. The standard InChI is InChI=1S/C20H15ClFN3O2/c21-16-2-1-3-18(9-16)25-20(27)15-8-14(11-23-12-15)19(26)24-10-13-4-6-17(22)7-5-13/h1-9,11-12H,10H2,(H,24,26)(H,25,27). The molecule has 27 heavy (non-hydrogen) atoms. The lowest BCUT2D eigenvalue weighted by molar-refractivity contribution is 0.0950. The van der Waals surface area contributed by atoms with E-state index in [1.165, 1.54) is 30.6 Å². The molecule has 2 amide bonds. The molecule has 0 saturated heterocycles. The van der Waals surface area contributed by atoms with E-state index in [0.29, 0.717) is 10.7 Å². The third-order valence-electron chi connectivity index (χ3n) is 3.71. The van der Waals surface area contributed by atoms with Crippen molar-refractivity contribution in [3.05, 3.63) is 94.5 Å². The Hall–Kier alpha value is -3.25. The SMILES string of the molecule is O=C(NCc1ccc(F)cc1)c1cncc(C(=O)Nc2cccc(Cl)c2)c1. The number of aromatic nitrogens is 1. The molecule has 3 rings (SSSR count). The molecule has 1 aromatic heterocycles. The number of rotatable bonds is 5. The first kappa shape index (κ1) is 18.5. The van der Waals surface area contributed by atoms with Crippen molar-refractivity contribution in [1.82, 2.24) is 10.3 Å². The summed E-state index contributed by atoms with van der Waals surface area (Å²) in [6.07, 6.45) is 2.74. The number of carbonyl (C=O) groups excluding carboxylic acids is 2. The van der Waals surface area contributed by atoms with E-state index in [0.717, 1.165) is 5.56 Å². The quantitative estimate of drug-likeness (QED) is 0.698. The van der Waals surface area contributed by atoms with E-state index in [2.05, 4.69) is 15.6 Å². The average Bonchev–Trinajstić information content (AvgIpc) is 2.67. The normalized spacial score (nSPS) is 10.3. The van der Waals surface area contributed by atoms with Crippen LogP contribution in [0.4, 0.5) is 10.1 Å². The molecule has 2 N–H and O–H groups in total. The van der Waals surface area contributed by atoms with Gasteiger partial charge in [0.05, 0.1) is 11.1 Å². The van der Waals surface area contributed by atoms with Gasteiger partial charge in [0.15, 0.2) is 0 Å². The molecule has 7 heteroatoms. The van der Waals surface area contributed by atoms with Crippen molar-refractivity contribution < 1.29 is 14.0 Å². The van der Waals surface area contributed by atoms with Crippen LogP contribution in [-0.2, 0) is 6.54 Å². The number of hydrogen-bond donors (Lipinski definition) is 2. The van der Waals surface area contributed by atoms with E-state index in [4.69, 9.17) is 11.6 Å². The highest BCUT2D eigenvalue weighted by Crippen LogP contribution is 2.16. The molecule has 0 fully saturated rings. The van der Waals surface area contributed by atoms with E-state index in [9.17, 15) is 14.0 Å². The van der Waals surface area contributed by atoms with E-state index in [-0.39, 0.29) is 29.4 Å². The molecule has 5 nitrogen and oxygen atoms in total. The largest absolute Gasteiger partial charge is 0.348 e. The molecule has 0 aliphatic rings. The van der Waals surface area contributed by atoms with Crippen molar-refractivity contribution in [3.8, 4) is 0 Å². The maximum atomic E-state index is 12.9. The minimum Gasteiger partial charge on any atom is -0.348 e. The van der Waals surface area contributed by atoms with E-state index < -0.39 is 5.91 Å². The highest BCUT2D eigenvalue weighted by atomic mass is 35.5. The summed E-state index contributed by atoms with van der Waals surface area (Å²) in [5.74, 6) is -1.13. The number of pyridine rings is 1. The summed E-state index contributed by atoms with van der Waals surface area (Å²) >= 11 is 5.90. The zero-order chi connectivity index (χ0) is 19.2. The van der Waals surface area contributed by atoms with Crippen LogP contribution in [0.1, 0.15) is 26.3 Å². The van der Waals surface area contributed by atoms with Gasteiger partial charge in [-0.1, -0.05) is 29.8 Å². The third kappa shape index (κ3) is 5.12. The zero-order valence-electron chi connectivity index (χ0n) is 14.1. The Kier molecular flexibility index (Phi) is 5.78. The summed E-state index contributed by atoms with van der Waals surface area (Å²) in [6.45, 7) is 0.234. The summed E-state index contributed by atoms with van der Waals surface area (Å²) < 4.78 is 12.9. The summed E-state index contributed by atoms with van der Waals surface area (Å²) in [5.41, 5.74) is 1.78. The molecule has 0 saturated carbocycles. The molecule has 0 unspecified atom stereocenters. The van der Waals surface area contributed by atoms with Crippen LogP contribution in [0.25, 0.3) is 0 Å². The lowest BCUT2D eigenvalue weighted by atomic mass is 10.1. The van der Waals surface area contributed by atoms with Gasteiger partial charge in [-0.05, 0) is 42.0 Å². The van der Waals surface area contributed by atoms with Crippen LogP contribution in [0.3, 0.4) is 0 Å². The summed E-state index contributed by atoms with van der Waals surface area (Å²) in [4.78, 5) is 28.6. The first-order valence-electron chi connectivity index (χ1n) is 8.06. The molecule has 136 valence electrons. The maximum absolute atomic E-state index is 12.9. The fourth-order valence-corrected chi connectivity index (χ4v) is 2.53. The number of anilines is 1. The van der Waals surface area contributed by atoms with Gasteiger partial charge in [0.2, 0.25) is 0 Å². The minimum absolute atomic E-state index is 0.234. The lowest BCUT2D eigenvalue weighted by Gasteiger charge is -2.08. The molecular formula is C20H15ClFN3O2. The highest BCUT2D eigenvalue weighted by molar-refractivity contribution is 6.31. The monoisotopic (exact) mass is 383 g/mol. The Morgan fingerprint density at radius 1 is 0.963 bits per heavy atom. The van der Waals surface area contributed by atoms with E-state index in [1.807, 2.05) is 0 Å². The summed E-state index contributed by atoms with van der Waals surface area (Å²) in [6, 6.07) is 14.0. The van der Waals surface area contributed by atoms with Crippen molar-refractivity contribution in [2.45, 2.75) is 6.54 Å². The molecule has 3 aromatic rings. The molecule has 0 aliphatic heterocycles. The second-order valence-corrected chi connectivity index (χ2v) is 6.17. The topological polar surface area (TPSA) is 71.1 Å². The summed E-state index contributed by atoms with van der Waals surface area (Å²) in [7, 11) is 0. The Morgan fingerprint density at radius 2 is 1.67 bits per heavy atom. The van der Waals surface area contributed by atoms with Gasteiger partial charge in [-0.2, -0.15) is 0 Å². The molecule has 0 bridgehead atoms. The van der Waals surface area contributed by atoms with Crippen molar-refractivity contribution in [1.29, 1.82) is 0 Å². The smallest absolute Gasteiger partial charge is 0.257 e. The van der Waals surface area contributed by atoms with Crippen molar-refractivity contribution >= 4 is 29.1 Å². The van der Waals surface area contributed by atoms with Crippen molar-refractivity contribution in [2.75, 3.05) is 5.32 Å². The van der Waals surface area contributed by atoms with Crippen LogP contribution in [0, 0.1) is 5.82 Å². The number of hydrogen-bond acceptors (Lipinski definition) is 3. The second kappa shape index (κ2) is 8.42. The van der Waals surface area contributed by atoms with Gasteiger partial charge in [-0.15, -0.1) is 0 Å². The van der Waals surface area contributed by atoms with Crippen LogP contribution in [0.2, 0.25) is 5.02 Å². The molecule has 0 spiro atoms. The molecule has 0 aliphatic carbocycles. The second-order valence-electron chi connectivity index (χ2n) is 5.74. The van der Waals surface area contributed by atoms with Gasteiger partial charge in [-0.25, -0.2) is 4.39 Å². The van der Waals surface area contributed by atoms with Crippen molar-refractivity contribution in [2.24, 2.45) is 0 Å². The average molecular weight is 384 g/mol. The van der Waals surface area contributed by atoms with Gasteiger partial charge in [0.1, 0.15) is 5.82 Å². The van der Waals surface area contributed by atoms with Gasteiger partial charge < -0.3 is 10.6 Å². The molecule has 1 heterocycles. The number of amides is 2. The van der Waals surface area contributed by atoms with Gasteiger partial charge >= 0.3 is 0 Å². The van der Waals surface area contributed by atoms with Gasteiger partial charge in [0.25, 0.3) is 11.8 Å². The zero-order valence-corrected chi connectivity index (χ0v) is 14.8. The Morgan fingerprint density at radius 3 is 2.37 bits per heavy atom. The summed E-state index contributed by atoms with van der Waals surface area (Å²) in [5, 5.41) is 5.91. The first-order valence-corrected chi connectivity index (χ1v) is 8.44. The van der Waals surface area contributed by atoms with Crippen LogP contribution in [-0.4, -0.2) is 16.8 Å². The van der Waals surface area contributed by atoms with Gasteiger partial charge in [0, 0.05) is 29.6 Å².